The second kappa shape index (κ2) is 10.8. The first kappa shape index (κ1) is 23.4. The molecule has 2 rings (SSSR count). The summed E-state index contributed by atoms with van der Waals surface area (Å²) in [6.07, 6.45) is 3.49. The standard InChI is InChI=1S/C21H40N6O2/c1-6-21(5)18(28)27(20(29)25-21)12-8-11-23-19(22-7-2)24-17-9-13-26(14-10-17)15-16(3)4/h16-17H,6-15H2,1-5H3,(H,25,29)(H2,22,23,24). The third-order valence-electron chi connectivity index (χ3n) is 5.76. The van der Waals surface area contributed by atoms with E-state index in [1.54, 1.807) is 6.92 Å². The van der Waals surface area contributed by atoms with Gasteiger partial charge in [0, 0.05) is 45.3 Å². The van der Waals surface area contributed by atoms with Gasteiger partial charge in [-0.15, -0.1) is 0 Å². The van der Waals surface area contributed by atoms with Gasteiger partial charge in [0.25, 0.3) is 5.91 Å². The lowest BCUT2D eigenvalue weighted by Crippen LogP contribution is -2.49. The van der Waals surface area contributed by atoms with Crippen molar-refractivity contribution in [3.05, 3.63) is 0 Å². The van der Waals surface area contributed by atoms with Crippen LogP contribution in [0.4, 0.5) is 4.79 Å². The Hall–Kier alpha value is -1.83. The quantitative estimate of drug-likeness (QED) is 0.234. The number of nitrogens with one attached hydrogen (secondary N) is 3. The molecule has 1 atom stereocenters. The van der Waals surface area contributed by atoms with Gasteiger partial charge in [-0.25, -0.2) is 4.79 Å². The molecule has 0 bridgehead atoms. The zero-order valence-electron chi connectivity index (χ0n) is 18.9. The van der Waals surface area contributed by atoms with Gasteiger partial charge >= 0.3 is 6.03 Å². The van der Waals surface area contributed by atoms with E-state index in [4.69, 9.17) is 0 Å². The fourth-order valence-electron chi connectivity index (χ4n) is 3.90. The van der Waals surface area contributed by atoms with Crippen molar-refractivity contribution >= 4 is 17.9 Å². The number of aliphatic imine (C=N–C) groups is 1. The number of amides is 3. The van der Waals surface area contributed by atoms with Gasteiger partial charge in [-0.3, -0.25) is 14.7 Å². The molecule has 2 fully saturated rings. The minimum Gasteiger partial charge on any atom is -0.357 e. The van der Waals surface area contributed by atoms with Crippen molar-refractivity contribution in [3.63, 3.8) is 0 Å². The summed E-state index contributed by atoms with van der Waals surface area (Å²) in [4.78, 5) is 33.0. The zero-order chi connectivity index (χ0) is 21.4. The first-order valence-electron chi connectivity index (χ1n) is 11.2. The van der Waals surface area contributed by atoms with Gasteiger partial charge < -0.3 is 20.9 Å². The van der Waals surface area contributed by atoms with Crippen LogP contribution in [0.1, 0.15) is 60.3 Å². The van der Waals surface area contributed by atoms with E-state index in [0.29, 0.717) is 37.9 Å². The number of nitrogens with zero attached hydrogens (tertiary/aromatic N) is 3. The highest BCUT2D eigenvalue weighted by Gasteiger charge is 2.45. The number of hydrogen-bond acceptors (Lipinski definition) is 4. The zero-order valence-corrected chi connectivity index (χ0v) is 18.9. The summed E-state index contributed by atoms with van der Waals surface area (Å²) >= 11 is 0. The average Bonchev–Trinajstić information content (AvgIpc) is 2.89. The van der Waals surface area contributed by atoms with E-state index >= 15 is 0 Å². The van der Waals surface area contributed by atoms with Gasteiger partial charge in [-0.2, -0.15) is 0 Å². The topological polar surface area (TPSA) is 89.1 Å². The SMILES string of the molecule is CCNC(=NCCCN1C(=O)NC(C)(CC)C1=O)NC1CCN(CC(C)C)CC1. The Bertz CT molecular complexity index is 586. The number of likely N-dealkylation sites (tertiary alicyclic amines) is 1. The summed E-state index contributed by atoms with van der Waals surface area (Å²) < 4.78 is 0. The molecule has 0 aromatic heterocycles. The Balaban J connectivity index is 1.78. The van der Waals surface area contributed by atoms with Crippen molar-refractivity contribution in [2.45, 2.75) is 71.9 Å². The van der Waals surface area contributed by atoms with Crippen molar-refractivity contribution in [3.8, 4) is 0 Å². The second-order valence-corrected chi connectivity index (χ2v) is 8.80. The Kier molecular flexibility index (Phi) is 8.74. The Labute approximate surface area is 175 Å². The molecule has 8 nitrogen and oxygen atoms in total. The minimum absolute atomic E-state index is 0.132. The molecule has 1 unspecified atom stereocenters. The van der Waals surface area contributed by atoms with Gasteiger partial charge in [0.05, 0.1) is 0 Å². The van der Waals surface area contributed by atoms with Crippen LogP contribution in [0.2, 0.25) is 0 Å². The number of carbonyl (C=O) groups is 2. The fraction of sp³-hybridized carbons (Fsp3) is 0.857. The maximum atomic E-state index is 12.4. The molecule has 0 spiro atoms. The van der Waals surface area contributed by atoms with Crippen LogP contribution in [0.15, 0.2) is 4.99 Å². The van der Waals surface area contributed by atoms with E-state index in [-0.39, 0.29) is 11.9 Å². The lowest BCUT2D eigenvalue weighted by molar-refractivity contribution is -0.130. The fourth-order valence-corrected chi connectivity index (χ4v) is 3.90. The molecule has 166 valence electrons. The highest BCUT2D eigenvalue weighted by atomic mass is 16.2. The van der Waals surface area contributed by atoms with E-state index in [9.17, 15) is 9.59 Å². The number of hydrogen-bond donors (Lipinski definition) is 3. The lowest BCUT2D eigenvalue weighted by atomic mass is 9.99. The highest BCUT2D eigenvalue weighted by molar-refractivity contribution is 6.06. The molecule has 2 saturated heterocycles. The first-order chi connectivity index (χ1) is 13.8. The molecule has 2 heterocycles. The molecule has 3 N–H and O–H groups in total. The van der Waals surface area contributed by atoms with Gasteiger partial charge in [0.1, 0.15) is 5.54 Å². The van der Waals surface area contributed by atoms with E-state index in [2.05, 4.69) is 46.6 Å². The summed E-state index contributed by atoms with van der Waals surface area (Å²) in [5, 5.41) is 9.65. The van der Waals surface area contributed by atoms with Gasteiger partial charge in [0.2, 0.25) is 0 Å². The van der Waals surface area contributed by atoms with Crippen molar-refractivity contribution in [1.29, 1.82) is 0 Å². The number of imide groups is 1. The lowest BCUT2D eigenvalue weighted by Gasteiger charge is -2.34. The second-order valence-electron chi connectivity index (χ2n) is 8.80. The van der Waals surface area contributed by atoms with Gasteiger partial charge in [-0.05, 0) is 45.4 Å². The van der Waals surface area contributed by atoms with Crippen LogP contribution < -0.4 is 16.0 Å². The van der Waals surface area contributed by atoms with Crippen molar-refractivity contribution in [1.82, 2.24) is 25.8 Å². The number of urea groups is 1. The van der Waals surface area contributed by atoms with Crippen LogP contribution in [0.25, 0.3) is 0 Å². The van der Waals surface area contributed by atoms with E-state index in [0.717, 1.165) is 38.4 Å². The number of piperidine rings is 1. The van der Waals surface area contributed by atoms with E-state index < -0.39 is 5.54 Å². The van der Waals surface area contributed by atoms with Crippen LogP contribution in [0.5, 0.6) is 0 Å². The molecule has 0 aliphatic carbocycles. The normalized spacial score (nSPS) is 24.3. The molecular formula is C21H40N6O2. The summed E-state index contributed by atoms with van der Waals surface area (Å²) in [5.74, 6) is 1.40. The van der Waals surface area contributed by atoms with E-state index in [1.807, 2.05) is 6.92 Å². The van der Waals surface area contributed by atoms with Crippen LogP contribution >= 0.6 is 0 Å². The maximum absolute atomic E-state index is 12.4. The monoisotopic (exact) mass is 408 g/mol. The van der Waals surface area contributed by atoms with Crippen molar-refractivity contribution in [2.75, 3.05) is 39.3 Å². The predicted octanol–water partition coefficient (Wildman–Crippen LogP) is 1.77. The smallest absolute Gasteiger partial charge is 0.325 e. The van der Waals surface area contributed by atoms with Crippen LogP contribution in [-0.2, 0) is 4.79 Å². The number of rotatable bonds is 9. The van der Waals surface area contributed by atoms with Gasteiger partial charge in [0.15, 0.2) is 5.96 Å². The molecule has 3 amide bonds. The molecule has 2 aliphatic heterocycles. The summed E-state index contributed by atoms with van der Waals surface area (Å²) in [6, 6.07) is 0.147. The van der Waals surface area contributed by atoms with Crippen LogP contribution in [0.3, 0.4) is 0 Å². The molecule has 0 saturated carbocycles. The minimum atomic E-state index is -0.763. The molecule has 2 aliphatic rings. The molecular weight excluding hydrogens is 368 g/mol. The van der Waals surface area contributed by atoms with Crippen LogP contribution in [0, 0.1) is 5.92 Å². The Morgan fingerprint density at radius 3 is 2.52 bits per heavy atom. The Morgan fingerprint density at radius 2 is 1.97 bits per heavy atom. The summed E-state index contributed by atoms with van der Waals surface area (Å²) in [7, 11) is 0. The van der Waals surface area contributed by atoms with Crippen LogP contribution in [-0.4, -0.2) is 78.5 Å². The number of guanidine groups is 1. The molecule has 29 heavy (non-hydrogen) atoms. The molecule has 0 aromatic carbocycles. The maximum Gasteiger partial charge on any atom is 0.325 e. The summed E-state index contributed by atoms with van der Waals surface area (Å²) in [5.41, 5.74) is -0.763. The van der Waals surface area contributed by atoms with Crippen molar-refractivity contribution < 1.29 is 9.59 Å². The molecule has 0 radical (unpaired) electrons. The predicted molar refractivity (Wildman–Crippen MR) is 117 cm³/mol. The average molecular weight is 409 g/mol. The molecule has 0 aromatic rings. The highest BCUT2D eigenvalue weighted by Crippen LogP contribution is 2.20. The van der Waals surface area contributed by atoms with Gasteiger partial charge in [-0.1, -0.05) is 20.8 Å². The van der Waals surface area contributed by atoms with Crippen molar-refractivity contribution in [2.24, 2.45) is 10.9 Å². The largest absolute Gasteiger partial charge is 0.357 e. The number of carbonyl (C=O) groups excluding carboxylic acids is 2. The molecule has 8 heteroatoms. The first-order valence-corrected chi connectivity index (χ1v) is 11.2. The Morgan fingerprint density at radius 1 is 1.28 bits per heavy atom. The third-order valence-corrected chi connectivity index (χ3v) is 5.76. The summed E-state index contributed by atoms with van der Waals surface area (Å²) in [6.45, 7) is 15.5. The van der Waals surface area contributed by atoms with E-state index in [1.165, 1.54) is 11.4 Å². The third kappa shape index (κ3) is 6.59.